The summed E-state index contributed by atoms with van der Waals surface area (Å²) in [6.07, 6.45) is 8.81. The first kappa shape index (κ1) is 14.3. The van der Waals surface area contributed by atoms with Crippen LogP contribution < -0.4 is 11.1 Å². The molecule has 1 aliphatic carbocycles. The number of nitrogens with two attached hydrogens (primary N) is 1. The van der Waals surface area contributed by atoms with Crippen molar-refractivity contribution in [2.45, 2.75) is 30.4 Å². The van der Waals surface area contributed by atoms with E-state index in [2.05, 4.69) is 16.6 Å². The monoisotopic (exact) mass is 303 g/mol. The van der Waals surface area contributed by atoms with E-state index in [1.54, 1.807) is 6.20 Å². The lowest BCUT2D eigenvalue weighted by molar-refractivity contribution is 0.0951. The summed E-state index contributed by atoms with van der Waals surface area (Å²) in [5.74, 6) is -0.0211. The summed E-state index contributed by atoms with van der Waals surface area (Å²) in [5, 5.41) is 4.00. The number of amides is 1. The number of nitrogens with one attached hydrogen (secondary N) is 2. The number of hydrogen-bond donors (Lipinski definition) is 3. The Morgan fingerprint density at radius 2 is 2.19 bits per heavy atom. The van der Waals surface area contributed by atoms with Crippen molar-refractivity contribution in [3.8, 4) is 0 Å². The number of rotatable bonds is 4. The number of carbonyl (C=O) groups excluding carboxylic acids is 1. The molecule has 112 valence electrons. The number of fused-ring (bicyclic) bond motifs is 1. The molecule has 0 unspecified atom stereocenters. The van der Waals surface area contributed by atoms with Crippen LogP contribution in [0.15, 0.2) is 24.4 Å². The SMILES string of the molecule is CSC1(CNC(=O)c2c[nH]c3ccc(N)cc23)CCCC1. The van der Waals surface area contributed by atoms with Crippen molar-refractivity contribution in [3.63, 3.8) is 0 Å². The lowest BCUT2D eigenvalue weighted by Crippen LogP contribution is -2.38. The van der Waals surface area contributed by atoms with Gasteiger partial charge in [-0.05, 0) is 37.3 Å². The summed E-state index contributed by atoms with van der Waals surface area (Å²) in [5.41, 5.74) is 8.11. The Bertz CT molecular complexity index is 659. The smallest absolute Gasteiger partial charge is 0.253 e. The molecule has 1 heterocycles. The molecule has 2 aromatic rings. The fraction of sp³-hybridized carbons (Fsp3) is 0.438. The molecule has 1 saturated carbocycles. The highest BCUT2D eigenvalue weighted by Crippen LogP contribution is 2.39. The molecule has 21 heavy (non-hydrogen) atoms. The molecule has 0 aliphatic heterocycles. The lowest BCUT2D eigenvalue weighted by Gasteiger charge is -2.26. The van der Waals surface area contributed by atoms with Gasteiger partial charge >= 0.3 is 0 Å². The van der Waals surface area contributed by atoms with Crippen LogP contribution >= 0.6 is 11.8 Å². The van der Waals surface area contributed by atoms with E-state index in [1.165, 1.54) is 25.7 Å². The Morgan fingerprint density at radius 3 is 2.90 bits per heavy atom. The summed E-state index contributed by atoms with van der Waals surface area (Å²) >= 11 is 1.88. The lowest BCUT2D eigenvalue weighted by atomic mass is 10.1. The minimum Gasteiger partial charge on any atom is -0.399 e. The van der Waals surface area contributed by atoms with Crippen molar-refractivity contribution in [2.75, 3.05) is 18.5 Å². The zero-order valence-electron chi connectivity index (χ0n) is 12.2. The second-order valence-corrected chi connectivity index (χ2v) is 7.06. The molecule has 3 rings (SSSR count). The normalized spacial score (nSPS) is 17.2. The van der Waals surface area contributed by atoms with Crippen LogP contribution in [0.25, 0.3) is 10.9 Å². The van der Waals surface area contributed by atoms with Crippen LogP contribution in [0.2, 0.25) is 0 Å². The van der Waals surface area contributed by atoms with Gasteiger partial charge in [0.05, 0.1) is 5.56 Å². The highest BCUT2D eigenvalue weighted by molar-refractivity contribution is 8.00. The molecule has 5 heteroatoms. The van der Waals surface area contributed by atoms with Gasteiger partial charge in [-0.25, -0.2) is 0 Å². The van der Waals surface area contributed by atoms with Crippen LogP contribution in [0.1, 0.15) is 36.0 Å². The summed E-state index contributed by atoms with van der Waals surface area (Å²) < 4.78 is 0.223. The van der Waals surface area contributed by atoms with Gasteiger partial charge in [-0.3, -0.25) is 4.79 Å². The molecule has 4 N–H and O–H groups in total. The van der Waals surface area contributed by atoms with Crippen molar-refractivity contribution in [2.24, 2.45) is 0 Å². The Hall–Kier alpha value is -1.62. The number of H-pyrrole nitrogens is 1. The van der Waals surface area contributed by atoms with Gasteiger partial charge in [0.25, 0.3) is 5.91 Å². The Morgan fingerprint density at radius 1 is 1.43 bits per heavy atom. The van der Waals surface area contributed by atoms with Crippen molar-refractivity contribution in [1.82, 2.24) is 10.3 Å². The van der Waals surface area contributed by atoms with E-state index in [9.17, 15) is 4.79 Å². The van der Waals surface area contributed by atoms with E-state index < -0.39 is 0 Å². The number of benzene rings is 1. The zero-order chi connectivity index (χ0) is 14.9. The highest BCUT2D eigenvalue weighted by Gasteiger charge is 2.33. The molecule has 1 aromatic carbocycles. The van der Waals surface area contributed by atoms with Crippen molar-refractivity contribution in [3.05, 3.63) is 30.0 Å². The maximum Gasteiger partial charge on any atom is 0.253 e. The number of aromatic nitrogens is 1. The third-order valence-electron chi connectivity index (χ3n) is 4.47. The molecule has 0 radical (unpaired) electrons. The molecule has 0 spiro atoms. The summed E-state index contributed by atoms with van der Waals surface area (Å²) in [4.78, 5) is 15.6. The molecule has 1 aliphatic rings. The van der Waals surface area contributed by atoms with Crippen LogP contribution in [-0.2, 0) is 0 Å². The number of aromatic amines is 1. The predicted molar refractivity (Wildman–Crippen MR) is 89.8 cm³/mol. The Labute approximate surface area is 128 Å². The third kappa shape index (κ3) is 2.75. The van der Waals surface area contributed by atoms with Crippen LogP contribution in [0.3, 0.4) is 0 Å². The first-order valence-electron chi connectivity index (χ1n) is 7.33. The standard InChI is InChI=1S/C16H21N3OS/c1-21-16(6-2-3-7-16)10-19-15(20)13-9-18-14-5-4-11(17)8-12(13)14/h4-5,8-9,18H,2-3,6-7,10,17H2,1H3,(H,19,20). The zero-order valence-corrected chi connectivity index (χ0v) is 13.1. The van der Waals surface area contributed by atoms with Gasteiger partial charge in [-0.2, -0.15) is 11.8 Å². The van der Waals surface area contributed by atoms with Gasteiger partial charge in [0, 0.05) is 34.1 Å². The second kappa shape index (κ2) is 5.64. The van der Waals surface area contributed by atoms with E-state index in [0.717, 1.165) is 17.4 Å². The van der Waals surface area contributed by atoms with E-state index in [-0.39, 0.29) is 10.7 Å². The van der Waals surface area contributed by atoms with Gasteiger partial charge in [-0.1, -0.05) is 12.8 Å². The molecule has 0 saturated heterocycles. The van der Waals surface area contributed by atoms with Gasteiger partial charge in [0.15, 0.2) is 0 Å². The van der Waals surface area contributed by atoms with Crippen molar-refractivity contribution < 1.29 is 4.79 Å². The van der Waals surface area contributed by atoms with Crippen LogP contribution in [0, 0.1) is 0 Å². The van der Waals surface area contributed by atoms with Crippen LogP contribution in [0.5, 0.6) is 0 Å². The first-order valence-corrected chi connectivity index (χ1v) is 8.56. The molecule has 1 aromatic heterocycles. The number of anilines is 1. The minimum absolute atomic E-state index is 0.0211. The Balaban J connectivity index is 1.76. The van der Waals surface area contributed by atoms with E-state index in [0.29, 0.717) is 11.3 Å². The van der Waals surface area contributed by atoms with E-state index >= 15 is 0 Å². The van der Waals surface area contributed by atoms with Crippen molar-refractivity contribution in [1.29, 1.82) is 0 Å². The fourth-order valence-corrected chi connectivity index (χ4v) is 4.05. The van der Waals surface area contributed by atoms with Gasteiger partial charge < -0.3 is 16.0 Å². The molecular formula is C16H21N3OS. The molecule has 0 atom stereocenters. The van der Waals surface area contributed by atoms with Crippen LogP contribution in [0.4, 0.5) is 5.69 Å². The van der Waals surface area contributed by atoms with Gasteiger partial charge in [0.1, 0.15) is 0 Å². The average Bonchev–Trinajstić information content (AvgIpc) is 3.12. The summed E-state index contributed by atoms with van der Waals surface area (Å²) in [7, 11) is 0. The number of hydrogen-bond acceptors (Lipinski definition) is 3. The second-order valence-electron chi connectivity index (χ2n) is 5.78. The number of thioether (sulfide) groups is 1. The molecular weight excluding hydrogens is 282 g/mol. The fourth-order valence-electron chi connectivity index (χ4n) is 3.14. The van der Waals surface area contributed by atoms with E-state index in [4.69, 9.17) is 5.73 Å². The Kier molecular flexibility index (Phi) is 3.85. The predicted octanol–water partition coefficient (Wildman–Crippen LogP) is 3.16. The average molecular weight is 303 g/mol. The van der Waals surface area contributed by atoms with Crippen molar-refractivity contribution >= 4 is 34.3 Å². The summed E-state index contributed by atoms with van der Waals surface area (Å²) in [6.45, 7) is 0.738. The largest absolute Gasteiger partial charge is 0.399 e. The minimum atomic E-state index is -0.0211. The molecule has 0 bridgehead atoms. The van der Waals surface area contributed by atoms with Gasteiger partial charge in [0.2, 0.25) is 0 Å². The van der Waals surface area contributed by atoms with Gasteiger partial charge in [-0.15, -0.1) is 0 Å². The third-order valence-corrected chi connectivity index (χ3v) is 5.89. The first-order chi connectivity index (χ1) is 10.1. The molecule has 4 nitrogen and oxygen atoms in total. The quantitative estimate of drug-likeness (QED) is 0.760. The van der Waals surface area contributed by atoms with E-state index in [1.807, 2.05) is 30.0 Å². The van der Waals surface area contributed by atoms with Crippen LogP contribution in [-0.4, -0.2) is 28.4 Å². The number of carbonyl (C=O) groups is 1. The summed E-state index contributed by atoms with van der Waals surface area (Å²) in [6, 6.07) is 5.59. The topological polar surface area (TPSA) is 70.9 Å². The number of nitrogen functional groups attached to an aromatic ring is 1. The maximum atomic E-state index is 12.5. The maximum absolute atomic E-state index is 12.5. The molecule has 1 amide bonds. The highest BCUT2D eigenvalue weighted by atomic mass is 32.2. The molecule has 1 fully saturated rings.